The molecule has 1 aliphatic heterocycles. The number of amides is 2. The summed E-state index contributed by atoms with van der Waals surface area (Å²) in [7, 11) is 0. The predicted octanol–water partition coefficient (Wildman–Crippen LogP) is 6.38. The average Bonchev–Trinajstić information content (AvgIpc) is 2.67. The van der Waals surface area contributed by atoms with Gasteiger partial charge in [0.15, 0.2) is 0 Å². The lowest BCUT2D eigenvalue weighted by Crippen LogP contribution is -2.23. The van der Waals surface area contributed by atoms with E-state index in [0.29, 0.717) is 10.2 Å². The molecule has 0 aromatic heterocycles. The largest absolute Gasteiger partial charge is 0.344 e. The number of rotatable bonds is 5. The molecule has 0 unspecified atom stereocenters. The van der Waals surface area contributed by atoms with Gasteiger partial charge in [-0.2, -0.15) is 0 Å². The van der Waals surface area contributed by atoms with E-state index >= 15 is 0 Å². The molecular formula is C22H21BrFN3O. The van der Waals surface area contributed by atoms with Crippen LogP contribution >= 0.6 is 15.9 Å². The molecule has 2 N–H and O–H groups in total. The SMILES string of the molecule is C=CCC1=CC=CN(c2cc(NC(=O)Nc3cc(Br)ccc3F)ccc2C)C1. The molecule has 144 valence electrons. The topological polar surface area (TPSA) is 44.4 Å². The Morgan fingerprint density at radius 3 is 2.89 bits per heavy atom. The maximum atomic E-state index is 13.8. The number of carbonyl (C=O) groups is 1. The zero-order valence-electron chi connectivity index (χ0n) is 15.5. The molecule has 0 radical (unpaired) electrons. The highest BCUT2D eigenvalue weighted by Gasteiger charge is 2.13. The molecule has 0 aliphatic carbocycles. The minimum absolute atomic E-state index is 0.109. The van der Waals surface area contributed by atoms with Crippen LogP contribution < -0.4 is 15.5 Å². The standard InChI is InChI=1S/C22H21BrFN3O/c1-3-5-16-6-4-11-27(14-16)21-13-18(9-7-15(21)2)25-22(28)26-20-12-17(23)8-10-19(20)24/h3-4,6-13H,1,5,14H2,2H3,(H2,25,26,28). The van der Waals surface area contributed by atoms with Crippen LogP contribution in [-0.4, -0.2) is 12.6 Å². The van der Waals surface area contributed by atoms with Crippen LogP contribution in [0.15, 0.2) is 77.5 Å². The van der Waals surface area contributed by atoms with E-state index in [1.165, 1.54) is 17.7 Å². The van der Waals surface area contributed by atoms with Crippen molar-refractivity contribution in [2.45, 2.75) is 13.3 Å². The molecule has 0 fully saturated rings. The minimum Gasteiger partial charge on any atom is -0.344 e. The van der Waals surface area contributed by atoms with Gasteiger partial charge in [-0.3, -0.25) is 0 Å². The number of anilines is 3. The average molecular weight is 442 g/mol. The molecule has 3 rings (SSSR count). The van der Waals surface area contributed by atoms with Crippen LogP contribution in [-0.2, 0) is 0 Å². The summed E-state index contributed by atoms with van der Waals surface area (Å²) in [4.78, 5) is 14.4. The number of hydrogen-bond donors (Lipinski definition) is 2. The Balaban J connectivity index is 1.73. The molecule has 0 saturated carbocycles. The molecule has 0 spiro atoms. The van der Waals surface area contributed by atoms with E-state index in [-0.39, 0.29) is 5.69 Å². The van der Waals surface area contributed by atoms with Gasteiger partial charge in [0, 0.05) is 28.6 Å². The van der Waals surface area contributed by atoms with Gasteiger partial charge in [0.25, 0.3) is 0 Å². The van der Waals surface area contributed by atoms with Crippen molar-refractivity contribution in [1.82, 2.24) is 0 Å². The van der Waals surface area contributed by atoms with Gasteiger partial charge in [0.2, 0.25) is 0 Å². The first kappa shape index (κ1) is 19.9. The molecule has 2 amide bonds. The maximum absolute atomic E-state index is 13.8. The molecule has 28 heavy (non-hydrogen) atoms. The van der Waals surface area contributed by atoms with Crippen LogP contribution in [0.1, 0.15) is 12.0 Å². The summed E-state index contributed by atoms with van der Waals surface area (Å²) in [6.45, 7) is 6.58. The summed E-state index contributed by atoms with van der Waals surface area (Å²) in [6.07, 6.45) is 8.83. The summed E-state index contributed by atoms with van der Waals surface area (Å²) in [5.74, 6) is -0.497. The quantitative estimate of drug-likeness (QED) is 0.528. The van der Waals surface area contributed by atoms with Crippen molar-refractivity contribution in [3.8, 4) is 0 Å². The van der Waals surface area contributed by atoms with Gasteiger partial charge in [0.05, 0.1) is 5.69 Å². The lowest BCUT2D eigenvalue weighted by molar-refractivity contribution is 0.262. The van der Waals surface area contributed by atoms with Gasteiger partial charge < -0.3 is 15.5 Å². The number of aryl methyl sites for hydroxylation is 1. The number of hydrogen-bond acceptors (Lipinski definition) is 2. The highest BCUT2D eigenvalue weighted by Crippen LogP contribution is 2.28. The highest BCUT2D eigenvalue weighted by atomic mass is 79.9. The summed E-state index contributed by atoms with van der Waals surface area (Å²) in [5, 5.41) is 5.30. The van der Waals surface area contributed by atoms with Gasteiger partial charge in [-0.15, -0.1) is 6.58 Å². The van der Waals surface area contributed by atoms with Crippen molar-refractivity contribution in [3.05, 3.63) is 88.8 Å². The van der Waals surface area contributed by atoms with Gasteiger partial charge in [-0.25, -0.2) is 9.18 Å². The van der Waals surface area contributed by atoms with Crippen molar-refractivity contribution in [1.29, 1.82) is 0 Å². The maximum Gasteiger partial charge on any atom is 0.323 e. The molecule has 6 heteroatoms. The highest BCUT2D eigenvalue weighted by molar-refractivity contribution is 9.10. The van der Waals surface area contributed by atoms with Crippen molar-refractivity contribution in [2.24, 2.45) is 0 Å². The minimum atomic E-state index is -0.506. The van der Waals surface area contributed by atoms with Crippen LogP contribution in [0.2, 0.25) is 0 Å². The number of allylic oxidation sites excluding steroid dienone is 3. The Labute approximate surface area is 172 Å². The van der Waals surface area contributed by atoms with Crippen LogP contribution in [0.25, 0.3) is 0 Å². The molecular weight excluding hydrogens is 421 g/mol. The Bertz CT molecular complexity index is 968. The van der Waals surface area contributed by atoms with E-state index in [0.717, 1.165) is 24.2 Å². The zero-order valence-corrected chi connectivity index (χ0v) is 17.1. The molecule has 0 bridgehead atoms. The third-order valence-electron chi connectivity index (χ3n) is 4.33. The lowest BCUT2D eigenvalue weighted by Gasteiger charge is -2.26. The third kappa shape index (κ3) is 4.89. The molecule has 2 aromatic rings. The van der Waals surface area contributed by atoms with Crippen LogP contribution in [0.5, 0.6) is 0 Å². The van der Waals surface area contributed by atoms with E-state index in [1.807, 2.05) is 43.5 Å². The first-order valence-electron chi connectivity index (χ1n) is 8.84. The first-order valence-corrected chi connectivity index (χ1v) is 9.63. The fraction of sp³-hybridized carbons (Fsp3) is 0.136. The molecule has 1 heterocycles. The summed E-state index contributed by atoms with van der Waals surface area (Å²) in [6, 6.07) is 9.56. The van der Waals surface area contributed by atoms with Crippen molar-refractivity contribution in [2.75, 3.05) is 22.1 Å². The summed E-state index contributed by atoms with van der Waals surface area (Å²) < 4.78 is 14.5. The molecule has 1 aliphatic rings. The Hall–Kier alpha value is -2.86. The number of benzene rings is 2. The zero-order chi connectivity index (χ0) is 20.1. The van der Waals surface area contributed by atoms with E-state index in [4.69, 9.17) is 0 Å². The Morgan fingerprint density at radius 2 is 2.11 bits per heavy atom. The molecule has 2 aromatic carbocycles. The number of urea groups is 1. The van der Waals surface area contributed by atoms with Gasteiger partial charge in [-0.05, 0) is 60.9 Å². The Kier molecular flexibility index (Phi) is 6.31. The molecule has 0 atom stereocenters. The third-order valence-corrected chi connectivity index (χ3v) is 4.82. The van der Waals surface area contributed by atoms with Crippen molar-refractivity contribution >= 4 is 39.0 Å². The smallest absolute Gasteiger partial charge is 0.323 e. The van der Waals surface area contributed by atoms with E-state index < -0.39 is 11.8 Å². The summed E-state index contributed by atoms with van der Waals surface area (Å²) >= 11 is 3.27. The van der Waals surface area contributed by atoms with Crippen molar-refractivity contribution in [3.63, 3.8) is 0 Å². The summed E-state index contributed by atoms with van der Waals surface area (Å²) in [5.41, 5.74) is 4.09. The lowest BCUT2D eigenvalue weighted by atomic mass is 10.1. The number of carbonyl (C=O) groups excluding carboxylic acids is 1. The number of halogens is 2. The second-order valence-electron chi connectivity index (χ2n) is 6.49. The number of nitrogens with one attached hydrogen (secondary N) is 2. The van der Waals surface area contributed by atoms with E-state index in [9.17, 15) is 9.18 Å². The number of nitrogens with zero attached hydrogens (tertiary/aromatic N) is 1. The second-order valence-corrected chi connectivity index (χ2v) is 7.41. The molecule has 4 nitrogen and oxygen atoms in total. The van der Waals surface area contributed by atoms with Gasteiger partial charge in [-0.1, -0.05) is 34.1 Å². The van der Waals surface area contributed by atoms with Crippen LogP contribution in [0.4, 0.5) is 26.2 Å². The van der Waals surface area contributed by atoms with Crippen molar-refractivity contribution < 1.29 is 9.18 Å². The molecule has 0 saturated heterocycles. The van der Waals surface area contributed by atoms with E-state index in [2.05, 4.69) is 44.1 Å². The van der Waals surface area contributed by atoms with Crippen LogP contribution in [0.3, 0.4) is 0 Å². The van der Waals surface area contributed by atoms with Gasteiger partial charge >= 0.3 is 6.03 Å². The normalized spacial score (nSPS) is 13.1. The van der Waals surface area contributed by atoms with Gasteiger partial charge in [0.1, 0.15) is 5.82 Å². The fourth-order valence-electron chi connectivity index (χ4n) is 2.97. The Morgan fingerprint density at radius 1 is 1.29 bits per heavy atom. The van der Waals surface area contributed by atoms with E-state index in [1.54, 1.807) is 6.07 Å². The first-order chi connectivity index (χ1) is 13.5. The fourth-order valence-corrected chi connectivity index (χ4v) is 3.33. The van der Waals surface area contributed by atoms with Crippen LogP contribution in [0, 0.1) is 12.7 Å². The predicted molar refractivity (Wildman–Crippen MR) is 117 cm³/mol. The second kappa shape index (κ2) is 8.89. The monoisotopic (exact) mass is 441 g/mol.